The van der Waals surface area contributed by atoms with Crippen LogP contribution in [0.4, 0.5) is 5.82 Å². The number of aromatic nitrogens is 2. The number of anilines is 1. The van der Waals surface area contributed by atoms with Gasteiger partial charge in [-0.05, 0) is 53.0 Å². The Morgan fingerprint density at radius 3 is 2.37 bits per heavy atom. The molecule has 0 aliphatic rings. The number of halogens is 1. The van der Waals surface area contributed by atoms with Crippen molar-refractivity contribution in [1.29, 1.82) is 5.26 Å². The summed E-state index contributed by atoms with van der Waals surface area (Å²) in [5, 5.41) is 8.90. The summed E-state index contributed by atoms with van der Waals surface area (Å²) in [7, 11) is 0. The van der Waals surface area contributed by atoms with E-state index in [1.807, 2.05) is 13.8 Å². The van der Waals surface area contributed by atoms with Crippen molar-refractivity contribution in [3.8, 4) is 17.8 Å². The summed E-state index contributed by atoms with van der Waals surface area (Å²) in [6.45, 7) is 3.73. The topological polar surface area (TPSA) is 84.8 Å². The molecule has 2 aromatic rings. The molecule has 0 amide bonds. The maximum atomic E-state index is 8.90. The first-order chi connectivity index (χ1) is 8.99. The number of aryl methyl sites for hydroxylation is 2. The number of ether oxygens (including phenoxy) is 1. The lowest BCUT2D eigenvalue weighted by Gasteiger charge is -2.11. The van der Waals surface area contributed by atoms with Crippen LogP contribution in [-0.4, -0.2) is 9.97 Å². The van der Waals surface area contributed by atoms with Crippen LogP contribution in [-0.2, 0) is 0 Å². The predicted molar refractivity (Wildman–Crippen MR) is 74.8 cm³/mol. The Kier molecular flexibility index (Phi) is 3.67. The molecule has 19 heavy (non-hydrogen) atoms. The first kappa shape index (κ1) is 13.3. The van der Waals surface area contributed by atoms with Gasteiger partial charge in [0, 0.05) is 6.07 Å². The SMILES string of the molecule is Cc1cc(C#N)cc(C)c1Oc1nc(N)cc(Br)n1. The third-order valence-corrected chi connectivity index (χ3v) is 2.88. The summed E-state index contributed by atoms with van der Waals surface area (Å²) >= 11 is 3.23. The zero-order valence-corrected chi connectivity index (χ0v) is 12.0. The van der Waals surface area contributed by atoms with Gasteiger partial charge in [-0.15, -0.1) is 0 Å². The second kappa shape index (κ2) is 5.24. The standard InChI is InChI=1S/C13H11BrN4O/c1-7-3-9(6-15)4-8(2)12(7)19-13-17-10(14)5-11(16)18-13/h3-5H,1-2H3,(H2,16,17,18). The summed E-state index contributed by atoms with van der Waals surface area (Å²) in [6.07, 6.45) is 0. The van der Waals surface area contributed by atoms with Gasteiger partial charge in [-0.25, -0.2) is 0 Å². The average molecular weight is 319 g/mol. The van der Waals surface area contributed by atoms with Gasteiger partial charge in [0.1, 0.15) is 16.2 Å². The monoisotopic (exact) mass is 318 g/mol. The molecule has 0 saturated heterocycles. The predicted octanol–water partition coefficient (Wildman–Crippen LogP) is 3.10. The van der Waals surface area contributed by atoms with Gasteiger partial charge in [-0.3, -0.25) is 0 Å². The van der Waals surface area contributed by atoms with E-state index in [9.17, 15) is 0 Å². The fourth-order valence-electron chi connectivity index (χ4n) is 1.73. The Labute approximate surface area is 119 Å². The molecule has 96 valence electrons. The van der Waals surface area contributed by atoms with Crippen LogP contribution in [0.2, 0.25) is 0 Å². The van der Waals surface area contributed by atoms with Gasteiger partial charge < -0.3 is 10.5 Å². The number of nitrogens with two attached hydrogens (primary N) is 1. The fourth-order valence-corrected chi connectivity index (χ4v) is 2.11. The normalized spacial score (nSPS) is 10.0. The van der Waals surface area contributed by atoms with Crippen LogP contribution in [0.5, 0.6) is 11.8 Å². The van der Waals surface area contributed by atoms with Crippen LogP contribution in [0.25, 0.3) is 0 Å². The molecule has 0 aliphatic carbocycles. The van der Waals surface area contributed by atoms with E-state index in [2.05, 4.69) is 32.0 Å². The summed E-state index contributed by atoms with van der Waals surface area (Å²) in [6, 6.07) is 7.37. The lowest BCUT2D eigenvalue weighted by Crippen LogP contribution is -1.99. The van der Waals surface area contributed by atoms with E-state index in [1.165, 1.54) is 0 Å². The summed E-state index contributed by atoms with van der Waals surface area (Å²) < 4.78 is 6.21. The molecule has 1 aromatic heterocycles. The Morgan fingerprint density at radius 1 is 1.21 bits per heavy atom. The van der Waals surface area contributed by atoms with Gasteiger partial charge in [-0.1, -0.05) is 0 Å². The van der Waals surface area contributed by atoms with Gasteiger partial charge in [-0.2, -0.15) is 15.2 Å². The quantitative estimate of drug-likeness (QED) is 0.860. The third-order valence-electron chi connectivity index (χ3n) is 2.48. The van der Waals surface area contributed by atoms with Crippen molar-refractivity contribution in [2.75, 3.05) is 5.73 Å². The first-order valence-electron chi connectivity index (χ1n) is 5.49. The Morgan fingerprint density at radius 2 is 1.84 bits per heavy atom. The van der Waals surface area contributed by atoms with Crippen molar-refractivity contribution in [2.45, 2.75) is 13.8 Å². The number of nitrogens with zero attached hydrogens (tertiary/aromatic N) is 3. The van der Waals surface area contributed by atoms with E-state index in [4.69, 9.17) is 15.7 Å². The highest BCUT2D eigenvalue weighted by atomic mass is 79.9. The molecular formula is C13H11BrN4O. The van der Waals surface area contributed by atoms with E-state index in [-0.39, 0.29) is 6.01 Å². The summed E-state index contributed by atoms with van der Waals surface area (Å²) in [4.78, 5) is 8.10. The molecule has 0 unspecified atom stereocenters. The molecular weight excluding hydrogens is 308 g/mol. The number of hydrogen-bond acceptors (Lipinski definition) is 5. The van der Waals surface area contributed by atoms with Gasteiger partial charge in [0.15, 0.2) is 0 Å². The van der Waals surface area contributed by atoms with Gasteiger partial charge >= 0.3 is 6.01 Å². The molecule has 0 aliphatic heterocycles. The van der Waals surface area contributed by atoms with E-state index in [0.29, 0.717) is 21.7 Å². The maximum absolute atomic E-state index is 8.90. The Balaban J connectivity index is 2.41. The number of nitrogen functional groups attached to an aromatic ring is 1. The van der Waals surface area contributed by atoms with Crippen LogP contribution < -0.4 is 10.5 Å². The molecule has 2 rings (SSSR count). The highest BCUT2D eigenvalue weighted by Gasteiger charge is 2.10. The van der Waals surface area contributed by atoms with Crippen molar-refractivity contribution in [3.05, 3.63) is 39.5 Å². The highest BCUT2D eigenvalue weighted by Crippen LogP contribution is 2.29. The highest BCUT2D eigenvalue weighted by molar-refractivity contribution is 9.10. The van der Waals surface area contributed by atoms with E-state index in [0.717, 1.165) is 11.1 Å². The minimum atomic E-state index is 0.169. The van der Waals surface area contributed by atoms with Crippen molar-refractivity contribution >= 4 is 21.7 Å². The second-order valence-electron chi connectivity index (χ2n) is 4.05. The number of rotatable bonds is 2. The summed E-state index contributed by atoms with van der Waals surface area (Å²) in [5.74, 6) is 0.956. The fraction of sp³-hybridized carbons (Fsp3) is 0.154. The zero-order chi connectivity index (χ0) is 14.0. The van der Waals surface area contributed by atoms with Crippen LogP contribution in [0.1, 0.15) is 16.7 Å². The molecule has 0 radical (unpaired) electrons. The molecule has 0 saturated carbocycles. The first-order valence-corrected chi connectivity index (χ1v) is 6.28. The van der Waals surface area contributed by atoms with Crippen LogP contribution in [0.3, 0.4) is 0 Å². The van der Waals surface area contributed by atoms with E-state index >= 15 is 0 Å². The molecule has 0 spiro atoms. The zero-order valence-electron chi connectivity index (χ0n) is 10.4. The number of hydrogen-bond donors (Lipinski definition) is 1. The van der Waals surface area contributed by atoms with Gasteiger partial charge in [0.05, 0.1) is 11.6 Å². The maximum Gasteiger partial charge on any atom is 0.325 e. The average Bonchev–Trinajstić information content (AvgIpc) is 2.32. The molecule has 1 heterocycles. The van der Waals surface area contributed by atoms with Crippen molar-refractivity contribution < 1.29 is 4.74 Å². The van der Waals surface area contributed by atoms with Crippen molar-refractivity contribution in [2.24, 2.45) is 0 Å². The number of nitriles is 1. The van der Waals surface area contributed by atoms with Crippen molar-refractivity contribution in [3.63, 3.8) is 0 Å². The summed E-state index contributed by atoms with van der Waals surface area (Å²) in [5.41, 5.74) is 7.92. The lowest BCUT2D eigenvalue weighted by atomic mass is 10.1. The second-order valence-corrected chi connectivity index (χ2v) is 4.86. The molecule has 6 heteroatoms. The lowest BCUT2D eigenvalue weighted by molar-refractivity contribution is 0.435. The largest absolute Gasteiger partial charge is 0.424 e. The van der Waals surface area contributed by atoms with Crippen LogP contribution in [0.15, 0.2) is 22.8 Å². The molecule has 2 N–H and O–H groups in total. The van der Waals surface area contributed by atoms with Crippen molar-refractivity contribution in [1.82, 2.24) is 9.97 Å². The third kappa shape index (κ3) is 3.01. The van der Waals surface area contributed by atoms with Gasteiger partial charge in [0.25, 0.3) is 0 Å². The van der Waals surface area contributed by atoms with E-state index in [1.54, 1.807) is 18.2 Å². The van der Waals surface area contributed by atoms with Crippen LogP contribution >= 0.6 is 15.9 Å². The van der Waals surface area contributed by atoms with E-state index < -0.39 is 0 Å². The van der Waals surface area contributed by atoms with Gasteiger partial charge in [0.2, 0.25) is 0 Å². The Hall–Kier alpha value is -2.13. The Bertz CT molecular complexity index is 636. The molecule has 1 aromatic carbocycles. The molecule has 0 fully saturated rings. The smallest absolute Gasteiger partial charge is 0.325 e. The molecule has 0 atom stereocenters. The molecule has 5 nitrogen and oxygen atoms in total. The number of benzene rings is 1. The van der Waals surface area contributed by atoms with Crippen LogP contribution in [0, 0.1) is 25.2 Å². The minimum Gasteiger partial charge on any atom is -0.424 e. The molecule has 0 bridgehead atoms. The minimum absolute atomic E-state index is 0.169.